The zero-order valence-corrected chi connectivity index (χ0v) is 11.3. The van der Waals surface area contributed by atoms with Crippen LogP contribution in [0.25, 0.3) is 0 Å². The Kier molecular flexibility index (Phi) is 5.14. The number of aliphatic hydroxyl groups excluding tert-OH is 1. The molecule has 0 heterocycles. The van der Waals surface area contributed by atoms with Crippen LogP contribution in [-0.4, -0.2) is 17.0 Å². The van der Waals surface area contributed by atoms with Gasteiger partial charge in [-0.05, 0) is 41.1 Å². The number of nitrogen functional groups attached to an aromatic ring is 1. The Morgan fingerprint density at radius 1 is 1.60 bits per heavy atom. The summed E-state index contributed by atoms with van der Waals surface area (Å²) in [4.78, 5) is 0.744. The highest BCUT2D eigenvalue weighted by Crippen LogP contribution is 2.32. The molecular formula is C10H13FINOS. The van der Waals surface area contributed by atoms with Crippen LogP contribution < -0.4 is 5.73 Å². The lowest BCUT2D eigenvalue weighted by molar-refractivity contribution is 0.289. The van der Waals surface area contributed by atoms with Crippen LogP contribution in [0.15, 0.2) is 17.0 Å². The van der Waals surface area contributed by atoms with Crippen molar-refractivity contribution in [2.75, 3.05) is 12.3 Å². The Hall–Kier alpha value is -0.0100. The molecule has 3 N–H and O–H groups in total. The van der Waals surface area contributed by atoms with Crippen LogP contribution >= 0.6 is 34.4 Å². The average molecular weight is 341 g/mol. The van der Waals surface area contributed by atoms with Crippen molar-refractivity contribution in [1.29, 1.82) is 0 Å². The Balaban J connectivity index is 2.81. The molecule has 1 unspecified atom stereocenters. The summed E-state index contributed by atoms with van der Waals surface area (Å²) in [6, 6.07) is 3.08. The van der Waals surface area contributed by atoms with E-state index in [2.05, 4.69) is 0 Å². The summed E-state index contributed by atoms with van der Waals surface area (Å²) in [6.45, 7) is 2.12. The molecule has 0 aliphatic heterocycles. The summed E-state index contributed by atoms with van der Waals surface area (Å²) in [5.41, 5.74) is 6.37. The van der Waals surface area contributed by atoms with Crippen LogP contribution in [0.2, 0.25) is 0 Å². The van der Waals surface area contributed by atoms with Crippen molar-refractivity contribution in [3.05, 3.63) is 21.5 Å². The van der Waals surface area contributed by atoms with Gasteiger partial charge in [0.15, 0.2) is 0 Å². The van der Waals surface area contributed by atoms with Gasteiger partial charge < -0.3 is 10.8 Å². The molecule has 1 rings (SSSR count). The normalized spacial score (nSPS) is 12.8. The van der Waals surface area contributed by atoms with Crippen molar-refractivity contribution < 1.29 is 9.50 Å². The lowest BCUT2D eigenvalue weighted by atomic mass is 10.3. The average Bonchev–Trinajstić information content (AvgIpc) is 2.14. The molecule has 0 aromatic heterocycles. The monoisotopic (exact) mass is 341 g/mol. The lowest BCUT2D eigenvalue weighted by Gasteiger charge is -2.12. The maximum atomic E-state index is 13.3. The number of halogens is 2. The summed E-state index contributed by atoms with van der Waals surface area (Å²) >= 11 is 3.40. The molecule has 0 radical (unpaired) electrons. The van der Waals surface area contributed by atoms with Crippen molar-refractivity contribution in [3.8, 4) is 0 Å². The summed E-state index contributed by atoms with van der Waals surface area (Å²) in [5.74, 6) is -0.247. The fraction of sp³-hybridized carbons (Fsp3) is 0.400. The quantitative estimate of drug-likeness (QED) is 0.503. The second-order valence-electron chi connectivity index (χ2n) is 3.24. The van der Waals surface area contributed by atoms with E-state index < -0.39 is 0 Å². The number of aliphatic hydroxyl groups is 1. The number of rotatable bonds is 4. The Labute approximate surface area is 107 Å². The van der Waals surface area contributed by atoms with Crippen molar-refractivity contribution >= 4 is 40.0 Å². The van der Waals surface area contributed by atoms with Crippen molar-refractivity contribution in [2.45, 2.75) is 23.5 Å². The summed E-state index contributed by atoms with van der Waals surface area (Å²) in [5, 5.41) is 9.00. The van der Waals surface area contributed by atoms with Crippen LogP contribution in [0, 0.1) is 9.39 Å². The highest BCUT2D eigenvalue weighted by atomic mass is 127. The molecule has 1 aromatic rings. The number of thioether (sulfide) groups is 1. The summed E-state index contributed by atoms with van der Waals surface area (Å²) < 4.78 is 13.8. The Morgan fingerprint density at radius 3 is 2.87 bits per heavy atom. The molecule has 1 atom stereocenters. The fourth-order valence-corrected chi connectivity index (χ4v) is 2.62. The van der Waals surface area contributed by atoms with Gasteiger partial charge in [-0.2, -0.15) is 0 Å². The molecular weight excluding hydrogens is 328 g/mol. The van der Waals surface area contributed by atoms with Gasteiger partial charge in [0, 0.05) is 22.4 Å². The van der Waals surface area contributed by atoms with E-state index in [4.69, 9.17) is 10.8 Å². The SMILES string of the molecule is CC(CCO)Sc1cc(F)c(I)cc1N. The van der Waals surface area contributed by atoms with Gasteiger partial charge in [0.2, 0.25) is 0 Å². The standard InChI is InChI=1S/C10H13FINOS/c1-6(2-3-14)15-10-4-7(11)8(12)5-9(10)13/h4-6,14H,2-3,13H2,1H3. The van der Waals surface area contributed by atoms with Gasteiger partial charge in [-0.25, -0.2) is 4.39 Å². The third-order valence-electron chi connectivity index (χ3n) is 1.92. The number of anilines is 1. The lowest BCUT2D eigenvalue weighted by Crippen LogP contribution is -2.01. The van der Waals surface area contributed by atoms with Crippen LogP contribution in [0.3, 0.4) is 0 Å². The van der Waals surface area contributed by atoms with Crippen LogP contribution in [0.4, 0.5) is 10.1 Å². The predicted molar refractivity (Wildman–Crippen MR) is 70.6 cm³/mol. The van der Waals surface area contributed by atoms with Crippen LogP contribution in [0.1, 0.15) is 13.3 Å². The van der Waals surface area contributed by atoms with Gasteiger partial charge >= 0.3 is 0 Å². The number of hydrogen-bond acceptors (Lipinski definition) is 3. The van der Waals surface area contributed by atoms with E-state index in [0.29, 0.717) is 15.7 Å². The van der Waals surface area contributed by atoms with Gasteiger partial charge in [-0.1, -0.05) is 6.92 Å². The minimum absolute atomic E-state index is 0.140. The molecule has 84 valence electrons. The highest BCUT2D eigenvalue weighted by Gasteiger charge is 2.10. The Bertz CT molecular complexity index is 348. The second-order valence-corrected chi connectivity index (χ2v) is 5.89. The number of benzene rings is 1. The fourth-order valence-electron chi connectivity index (χ4n) is 1.10. The van der Waals surface area contributed by atoms with Crippen molar-refractivity contribution in [1.82, 2.24) is 0 Å². The predicted octanol–water partition coefficient (Wildman–Crippen LogP) is 2.88. The third kappa shape index (κ3) is 3.81. The van der Waals surface area contributed by atoms with Crippen LogP contribution in [-0.2, 0) is 0 Å². The van der Waals surface area contributed by atoms with E-state index in [-0.39, 0.29) is 17.7 Å². The third-order valence-corrected chi connectivity index (χ3v) is 3.99. The molecule has 0 saturated heterocycles. The molecule has 0 aliphatic rings. The molecule has 0 bridgehead atoms. The van der Waals surface area contributed by atoms with E-state index in [1.807, 2.05) is 29.5 Å². The molecule has 2 nitrogen and oxygen atoms in total. The van der Waals surface area contributed by atoms with E-state index in [1.54, 1.807) is 6.07 Å². The van der Waals surface area contributed by atoms with Gasteiger partial charge in [-0.3, -0.25) is 0 Å². The minimum atomic E-state index is -0.247. The first-order valence-corrected chi connectivity index (χ1v) is 6.52. The van der Waals surface area contributed by atoms with Gasteiger partial charge in [0.05, 0.1) is 3.57 Å². The molecule has 5 heteroatoms. The smallest absolute Gasteiger partial charge is 0.137 e. The zero-order valence-electron chi connectivity index (χ0n) is 8.34. The van der Waals surface area contributed by atoms with Gasteiger partial charge in [0.1, 0.15) is 5.82 Å². The molecule has 15 heavy (non-hydrogen) atoms. The number of hydrogen-bond donors (Lipinski definition) is 2. The summed E-state index contributed by atoms with van der Waals surface area (Å²) in [7, 11) is 0. The maximum Gasteiger partial charge on any atom is 0.137 e. The van der Waals surface area contributed by atoms with Crippen molar-refractivity contribution in [2.24, 2.45) is 0 Å². The number of nitrogens with two attached hydrogens (primary N) is 1. The van der Waals surface area contributed by atoms with Crippen molar-refractivity contribution in [3.63, 3.8) is 0 Å². The van der Waals surface area contributed by atoms with E-state index in [9.17, 15) is 4.39 Å². The zero-order chi connectivity index (χ0) is 11.4. The first kappa shape index (κ1) is 13.1. The first-order chi connectivity index (χ1) is 7.04. The maximum absolute atomic E-state index is 13.3. The minimum Gasteiger partial charge on any atom is -0.398 e. The van der Waals surface area contributed by atoms with E-state index >= 15 is 0 Å². The first-order valence-electron chi connectivity index (χ1n) is 4.56. The second kappa shape index (κ2) is 5.91. The highest BCUT2D eigenvalue weighted by molar-refractivity contribution is 14.1. The topological polar surface area (TPSA) is 46.2 Å². The van der Waals surface area contributed by atoms with E-state index in [1.165, 1.54) is 17.8 Å². The molecule has 0 spiro atoms. The molecule has 0 fully saturated rings. The van der Waals surface area contributed by atoms with E-state index in [0.717, 1.165) is 4.90 Å². The van der Waals surface area contributed by atoms with Crippen LogP contribution in [0.5, 0.6) is 0 Å². The largest absolute Gasteiger partial charge is 0.398 e. The van der Waals surface area contributed by atoms with Gasteiger partial charge in [-0.15, -0.1) is 11.8 Å². The molecule has 0 amide bonds. The molecule has 0 saturated carbocycles. The molecule has 1 aromatic carbocycles. The Morgan fingerprint density at radius 2 is 2.27 bits per heavy atom. The summed E-state index contributed by atoms with van der Waals surface area (Å²) in [6.07, 6.45) is 0.678. The molecule has 0 aliphatic carbocycles. The van der Waals surface area contributed by atoms with Gasteiger partial charge in [0.25, 0.3) is 0 Å².